The molecule has 1 aromatic rings. The van der Waals surface area contributed by atoms with Gasteiger partial charge in [-0.15, -0.1) is 11.8 Å². The van der Waals surface area contributed by atoms with E-state index >= 15 is 0 Å². The minimum Gasteiger partial charge on any atom is -0.462 e. The van der Waals surface area contributed by atoms with Crippen molar-refractivity contribution in [2.75, 3.05) is 30.5 Å². The van der Waals surface area contributed by atoms with Crippen molar-refractivity contribution in [1.82, 2.24) is 0 Å². The van der Waals surface area contributed by atoms with Crippen LogP contribution < -0.4 is 11.1 Å². The van der Waals surface area contributed by atoms with Gasteiger partial charge >= 0.3 is 5.97 Å². The molecule has 0 fully saturated rings. The summed E-state index contributed by atoms with van der Waals surface area (Å²) in [5.74, 6) is 0.567. The molecule has 0 atom stereocenters. The van der Waals surface area contributed by atoms with Gasteiger partial charge in [0.1, 0.15) is 0 Å². The number of esters is 1. The van der Waals surface area contributed by atoms with Gasteiger partial charge in [0.05, 0.1) is 23.5 Å². The Bertz CT molecular complexity index is 408. The second-order valence-corrected chi connectivity index (χ2v) is 4.64. The lowest BCUT2D eigenvalue weighted by Crippen LogP contribution is -2.08. The monoisotopic (exact) mass is 254 g/mol. The van der Waals surface area contributed by atoms with E-state index in [2.05, 4.69) is 5.32 Å². The Morgan fingerprint density at radius 1 is 1.47 bits per heavy atom. The highest BCUT2D eigenvalue weighted by Crippen LogP contribution is 2.31. The minimum absolute atomic E-state index is 0.321. The highest BCUT2D eigenvalue weighted by atomic mass is 32.2. The molecule has 94 valence electrons. The van der Waals surface area contributed by atoms with Gasteiger partial charge in [-0.25, -0.2) is 4.79 Å². The Balaban J connectivity index is 3.17. The van der Waals surface area contributed by atoms with E-state index in [1.165, 1.54) is 0 Å². The molecular formula is C12H18N2O2S. The Morgan fingerprint density at radius 3 is 2.71 bits per heavy atom. The largest absolute Gasteiger partial charge is 0.462 e. The van der Waals surface area contributed by atoms with E-state index in [-0.39, 0.29) is 5.97 Å². The maximum atomic E-state index is 11.8. The number of hydrogen-bond donors (Lipinski definition) is 2. The summed E-state index contributed by atoms with van der Waals surface area (Å²) in [5.41, 5.74) is 7.77. The van der Waals surface area contributed by atoms with Gasteiger partial charge in [-0.1, -0.05) is 6.92 Å². The van der Waals surface area contributed by atoms with Gasteiger partial charge in [0.25, 0.3) is 0 Å². The molecule has 5 heteroatoms. The number of benzene rings is 1. The standard InChI is InChI=1S/C12H18N2O2S/c1-4-16-12(15)8-6-9(13)10(14-3)7-11(8)17-5-2/h6-7,14H,4-5,13H2,1-3H3. The van der Waals surface area contributed by atoms with Gasteiger partial charge in [0.2, 0.25) is 0 Å². The number of ether oxygens (including phenoxy) is 1. The summed E-state index contributed by atoms with van der Waals surface area (Å²) in [5, 5.41) is 3.00. The van der Waals surface area contributed by atoms with Crippen molar-refractivity contribution in [3.05, 3.63) is 17.7 Å². The van der Waals surface area contributed by atoms with Crippen LogP contribution in [-0.4, -0.2) is 25.4 Å². The summed E-state index contributed by atoms with van der Waals surface area (Å²) in [6.07, 6.45) is 0. The van der Waals surface area contributed by atoms with Crippen LogP contribution in [0.15, 0.2) is 17.0 Å². The SMILES string of the molecule is CCOC(=O)c1cc(N)c(NC)cc1SCC. The molecule has 0 aliphatic carbocycles. The Labute approximate surface area is 106 Å². The van der Waals surface area contributed by atoms with Crippen molar-refractivity contribution in [1.29, 1.82) is 0 Å². The fourth-order valence-electron chi connectivity index (χ4n) is 1.46. The average molecular weight is 254 g/mol. The van der Waals surface area contributed by atoms with E-state index in [9.17, 15) is 4.79 Å². The third-order valence-corrected chi connectivity index (χ3v) is 3.15. The number of anilines is 2. The fraction of sp³-hybridized carbons (Fsp3) is 0.417. The first-order chi connectivity index (χ1) is 8.13. The second-order valence-electron chi connectivity index (χ2n) is 3.34. The van der Waals surface area contributed by atoms with Crippen molar-refractivity contribution in [2.24, 2.45) is 0 Å². The van der Waals surface area contributed by atoms with Crippen molar-refractivity contribution in [3.63, 3.8) is 0 Å². The van der Waals surface area contributed by atoms with E-state index in [0.717, 1.165) is 16.3 Å². The number of hydrogen-bond acceptors (Lipinski definition) is 5. The molecule has 3 N–H and O–H groups in total. The molecule has 0 amide bonds. The highest BCUT2D eigenvalue weighted by Gasteiger charge is 2.15. The lowest BCUT2D eigenvalue weighted by molar-refractivity contribution is 0.0522. The van der Waals surface area contributed by atoms with E-state index in [0.29, 0.717) is 17.9 Å². The molecule has 17 heavy (non-hydrogen) atoms. The van der Waals surface area contributed by atoms with Gasteiger partial charge < -0.3 is 15.8 Å². The van der Waals surface area contributed by atoms with Crippen LogP contribution >= 0.6 is 11.8 Å². The molecular weight excluding hydrogens is 236 g/mol. The molecule has 4 nitrogen and oxygen atoms in total. The number of thioether (sulfide) groups is 1. The molecule has 0 bridgehead atoms. The number of carbonyl (C=O) groups is 1. The van der Waals surface area contributed by atoms with Crippen molar-refractivity contribution < 1.29 is 9.53 Å². The van der Waals surface area contributed by atoms with Crippen LogP contribution in [-0.2, 0) is 4.74 Å². The Kier molecular flexibility index (Phi) is 5.15. The first kappa shape index (κ1) is 13.7. The molecule has 0 spiro atoms. The lowest BCUT2D eigenvalue weighted by atomic mass is 10.1. The van der Waals surface area contributed by atoms with E-state index in [1.807, 2.05) is 13.0 Å². The van der Waals surface area contributed by atoms with Crippen LogP contribution in [0.5, 0.6) is 0 Å². The zero-order valence-electron chi connectivity index (χ0n) is 10.4. The summed E-state index contributed by atoms with van der Waals surface area (Å²) < 4.78 is 5.02. The number of nitrogen functional groups attached to an aromatic ring is 1. The van der Waals surface area contributed by atoms with Crippen molar-refractivity contribution in [2.45, 2.75) is 18.7 Å². The third-order valence-electron chi connectivity index (χ3n) is 2.22. The highest BCUT2D eigenvalue weighted by molar-refractivity contribution is 7.99. The maximum Gasteiger partial charge on any atom is 0.339 e. The first-order valence-corrected chi connectivity index (χ1v) is 6.53. The second kappa shape index (κ2) is 6.39. The van der Waals surface area contributed by atoms with E-state index < -0.39 is 0 Å². The Morgan fingerprint density at radius 2 is 2.18 bits per heavy atom. The summed E-state index contributed by atoms with van der Waals surface area (Å²) in [4.78, 5) is 12.7. The summed E-state index contributed by atoms with van der Waals surface area (Å²) in [7, 11) is 1.80. The molecule has 0 aromatic heterocycles. The predicted octanol–water partition coefficient (Wildman–Crippen LogP) is 2.60. The number of nitrogens with two attached hydrogens (primary N) is 1. The van der Waals surface area contributed by atoms with Crippen LogP contribution in [0, 0.1) is 0 Å². The topological polar surface area (TPSA) is 64.3 Å². The molecule has 0 aliphatic rings. The number of nitrogens with one attached hydrogen (secondary N) is 1. The smallest absolute Gasteiger partial charge is 0.339 e. The van der Waals surface area contributed by atoms with Crippen LogP contribution in [0.3, 0.4) is 0 Å². The minimum atomic E-state index is -0.321. The lowest BCUT2D eigenvalue weighted by Gasteiger charge is -2.12. The molecule has 0 unspecified atom stereocenters. The van der Waals surface area contributed by atoms with Gasteiger partial charge in [0, 0.05) is 11.9 Å². The van der Waals surface area contributed by atoms with Crippen molar-refractivity contribution >= 4 is 29.1 Å². The zero-order valence-corrected chi connectivity index (χ0v) is 11.2. The van der Waals surface area contributed by atoms with Crippen LogP contribution in [0.25, 0.3) is 0 Å². The summed E-state index contributed by atoms with van der Waals surface area (Å²) >= 11 is 1.60. The molecule has 0 saturated carbocycles. The first-order valence-electron chi connectivity index (χ1n) is 5.55. The number of carbonyl (C=O) groups excluding carboxylic acids is 1. The van der Waals surface area contributed by atoms with Crippen molar-refractivity contribution in [3.8, 4) is 0 Å². The van der Waals surface area contributed by atoms with Gasteiger partial charge in [0.15, 0.2) is 0 Å². The molecule has 0 aliphatic heterocycles. The Hall–Kier alpha value is -1.36. The summed E-state index contributed by atoms with van der Waals surface area (Å²) in [6.45, 7) is 4.19. The quantitative estimate of drug-likeness (QED) is 0.480. The van der Waals surface area contributed by atoms with Gasteiger partial charge in [-0.3, -0.25) is 0 Å². The normalized spacial score (nSPS) is 10.1. The van der Waals surface area contributed by atoms with Crippen LogP contribution in [0.2, 0.25) is 0 Å². The predicted molar refractivity (Wildman–Crippen MR) is 72.8 cm³/mol. The zero-order chi connectivity index (χ0) is 12.8. The van der Waals surface area contributed by atoms with Gasteiger partial charge in [-0.05, 0) is 24.8 Å². The van der Waals surface area contributed by atoms with E-state index in [1.54, 1.807) is 31.8 Å². The van der Waals surface area contributed by atoms with Gasteiger partial charge in [-0.2, -0.15) is 0 Å². The maximum absolute atomic E-state index is 11.8. The molecule has 0 heterocycles. The molecule has 0 radical (unpaired) electrons. The van der Waals surface area contributed by atoms with Crippen LogP contribution in [0.1, 0.15) is 24.2 Å². The number of rotatable bonds is 5. The fourth-order valence-corrected chi connectivity index (χ4v) is 2.27. The molecule has 1 aromatic carbocycles. The summed E-state index contributed by atoms with van der Waals surface area (Å²) in [6, 6.07) is 3.55. The average Bonchev–Trinajstić information content (AvgIpc) is 2.31. The van der Waals surface area contributed by atoms with Crippen LogP contribution in [0.4, 0.5) is 11.4 Å². The molecule has 0 saturated heterocycles. The van der Waals surface area contributed by atoms with E-state index in [4.69, 9.17) is 10.5 Å². The third kappa shape index (κ3) is 3.30. The molecule has 1 rings (SSSR count).